The average Bonchev–Trinajstić information content (AvgIpc) is 2.74. The topological polar surface area (TPSA) is 114 Å². The summed E-state index contributed by atoms with van der Waals surface area (Å²) in [6, 6.07) is 6.64. The Morgan fingerprint density at radius 3 is 1.76 bits per heavy atom. The lowest BCUT2D eigenvalue weighted by Crippen LogP contribution is -2.34. The van der Waals surface area contributed by atoms with Crippen LogP contribution in [0.5, 0.6) is 11.5 Å². The third-order valence-electron chi connectivity index (χ3n) is 3.72. The zero-order chi connectivity index (χ0) is 24.2. The summed E-state index contributed by atoms with van der Waals surface area (Å²) < 4.78 is 37.6. The molecule has 0 radical (unpaired) electrons. The van der Waals surface area contributed by atoms with E-state index in [1.807, 2.05) is 20.8 Å². The molecule has 1 aromatic carbocycles. The van der Waals surface area contributed by atoms with Crippen molar-refractivity contribution < 1.29 is 43.1 Å². The van der Waals surface area contributed by atoms with Crippen LogP contribution in [0.25, 0.3) is 0 Å². The molecule has 0 aliphatic carbocycles. The molecule has 0 saturated carbocycles. The molecule has 0 atom stereocenters. The summed E-state index contributed by atoms with van der Waals surface area (Å²) in [5.74, 6) is 0.780. The second-order valence-electron chi connectivity index (χ2n) is 7.84. The van der Waals surface area contributed by atoms with Gasteiger partial charge in [0, 0.05) is 12.6 Å². The highest BCUT2D eigenvalue weighted by Gasteiger charge is 2.15. The van der Waals surface area contributed by atoms with Gasteiger partial charge in [-0.3, -0.25) is 0 Å². The number of amides is 1. The zero-order valence-electron chi connectivity index (χ0n) is 20.0. The highest BCUT2D eigenvalue weighted by atomic mass is 16.6. The monoisotopic (exact) mass is 473 g/mol. The summed E-state index contributed by atoms with van der Waals surface area (Å²) in [5.41, 5.74) is -0.507. The number of alkyl carbamates (subject to hydrolysis) is 1. The maximum Gasteiger partial charge on any atom is 0.407 e. The zero-order valence-corrected chi connectivity index (χ0v) is 20.0. The molecular weight excluding hydrogens is 434 g/mol. The molecule has 1 amide bonds. The Morgan fingerprint density at radius 1 is 0.788 bits per heavy atom. The fourth-order valence-electron chi connectivity index (χ4n) is 2.31. The molecule has 0 spiro atoms. The molecule has 0 saturated heterocycles. The van der Waals surface area contributed by atoms with Crippen LogP contribution in [0, 0.1) is 0 Å². The SMILES string of the molecule is CC(C)(C)OC(=O)NCCOCCOCCOCCOCCOCCOc1cccc(O)c1. The van der Waals surface area contributed by atoms with E-state index in [4.69, 9.17) is 33.2 Å². The van der Waals surface area contributed by atoms with Crippen LogP contribution < -0.4 is 10.1 Å². The van der Waals surface area contributed by atoms with Crippen LogP contribution in [-0.4, -0.2) is 96.0 Å². The van der Waals surface area contributed by atoms with E-state index >= 15 is 0 Å². The van der Waals surface area contributed by atoms with Gasteiger partial charge in [-0.25, -0.2) is 4.79 Å². The van der Waals surface area contributed by atoms with E-state index in [-0.39, 0.29) is 5.75 Å². The molecule has 0 bridgehead atoms. The Kier molecular flexibility index (Phi) is 16.1. The second kappa shape index (κ2) is 18.3. The fourth-order valence-corrected chi connectivity index (χ4v) is 2.31. The molecule has 0 aliphatic heterocycles. The number of ether oxygens (including phenoxy) is 7. The number of phenols is 1. The number of carbonyl (C=O) groups excluding carboxylic acids is 1. The Labute approximate surface area is 196 Å². The van der Waals surface area contributed by atoms with Gasteiger partial charge in [-0.1, -0.05) is 6.07 Å². The number of carbonyl (C=O) groups is 1. The third-order valence-corrected chi connectivity index (χ3v) is 3.72. The van der Waals surface area contributed by atoms with E-state index in [0.29, 0.717) is 85.0 Å². The Hall–Kier alpha value is -2.11. The number of aromatic hydroxyl groups is 1. The lowest BCUT2D eigenvalue weighted by atomic mass is 10.2. The standard InChI is InChI=1S/C23H39NO9/c1-23(2,3)33-22(26)24-7-8-27-9-10-28-11-12-29-13-14-30-15-16-31-17-18-32-21-6-4-5-20(25)19-21/h4-6,19,25H,7-18H2,1-3H3,(H,24,26). The maximum atomic E-state index is 11.4. The second-order valence-corrected chi connectivity index (χ2v) is 7.84. The molecule has 0 fully saturated rings. The van der Waals surface area contributed by atoms with Gasteiger partial charge in [0.25, 0.3) is 0 Å². The Balaban J connectivity index is 1.73. The van der Waals surface area contributed by atoms with E-state index in [2.05, 4.69) is 5.32 Å². The summed E-state index contributed by atoms with van der Waals surface area (Å²) in [7, 11) is 0. The van der Waals surface area contributed by atoms with Gasteiger partial charge in [-0.05, 0) is 32.9 Å². The molecular formula is C23H39NO9. The first-order chi connectivity index (χ1) is 15.9. The van der Waals surface area contributed by atoms with Gasteiger partial charge < -0.3 is 43.6 Å². The number of phenolic OH excluding ortho intramolecular Hbond substituents is 1. The molecule has 1 rings (SSSR count). The van der Waals surface area contributed by atoms with Crippen molar-refractivity contribution in [2.45, 2.75) is 26.4 Å². The van der Waals surface area contributed by atoms with Gasteiger partial charge in [0.2, 0.25) is 0 Å². The minimum Gasteiger partial charge on any atom is -0.508 e. The molecule has 10 nitrogen and oxygen atoms in total. The first-order valence-corrected chi connectivity index (χ1v) is 11.1. The fraction of sp³-hybridized carbons (Fsp3) is 0.696. The van der Waals surface area contributed by atoms with Gasteiger partial charge in [-0.15, -0.1) is 0 Å². The van der Waals surface area contributed by atoms with Crippen LogP contribution in [0.1, 0.15) is 20.8 Å². The number of nitrogens with one attached hydrogen (secondary N) is 1. The molecule has 0 aromatic heterocycles. The van der Waals surface area contributed by atoms with Crippen molar-refractivity contribution in [1.82, 2.24) is 5.32 Å². The van der Waals surface area contributed by atoms with Crippen molar-refractivity contribution in [3.05, 3.63) is 24.3 Å². The normalized spacial score (nSPS) is 11.4. The van der Waals surface area contributed by atoms with Gasteiger partial charge >= 0.3 is 6.09 Å². The van der Waals surface area contributed by atoms with E-state index in [9.17, 15) is 9.90 Å². The summed E-state index contributed by atoms with van der Waals surface area (Å²) in [5, 5.41) is 12.0. The van der Waals surface area contributed by atoms with Crippen molar-refractivity contribution in [2.75, 3.05) is 79.2 Å². The molecule has 2 N–H and O–H groups in total. The molecule has 190 valence electrons. The predicted molar refractivity (Wildman–Crippen MR) is 122 cm³/mol. The van der Waals surface area contributed by atoms with Crippen LogP contribution in [-0.2, 0) is 28.4 Å². The minimum absolute atomic E-state index is 0.172. The van der Waals surface area contributed by atoms with Gasteiger partial charge in [-0.2, -0.15) is 0 Å². The lowest BCUT2D eigenvalue weighted by Gasteiger charge is -2.19. The molecule has 10 heteroatoms. The van der Waals surface area contributed by atoms with Gasteiger partial charge in [0.15, 0.2) is 0 Å². The highest BCUT2D eigenvalue weighted by Crippen LogP contribution is 2.17. The van der Waals surface area contributed by atoms with Crippen LogP contribution in [0.15, 0.2) is 24.3 Å². The van der Waals surface area contributed by atoms with Crippen molar-refractivity contribution in [2.24, 2.45) is 0 Å². The summed E-state index contributed by atoms with van der Waals surface area (Å²) in [4.78, 5) is 11.4. The van der Waals surface area contributed by atoms with Crippen LogP contribution in [0.4, 0.5) is 4.79 Å². The van der Waals surface area contributed by atoms with Crippen LogP contribution in [0.2, 0.25) is 0 Å². The number of hydrogen-bond acceptors (Lipinski definition) is 9. The Morgan fingerprint density at radius 2 is 1.27 bits per heavy atom. The first-order valence-electron chi connectivity index (χ1n) is 11.1. The average molecular weight is 474 g/mol. The van der Waals surface area contributed by atoms with E-state index in [1.165, 1.54) is 0 Å². The van der Waals surface area contributed by atoms with Crippen molar-refractivity contribution >= 4 is 6.09 Å². The number of rotatable bonds is 19. The van der Waals surface area contributed by atoms with Crippen molar-refractivity contribution in [3.8, 4) is 11.5 Å². The quantitative estimate of drug-likeness (QED) is 0.292. The smallest absolute Gasteiger partial charge is 0.407 e. The molecule has 0 aliphatic rings. The van der Waals surface area contributed by atoms with E-state index < -0.39 is 11.7 Å². The molecule has 1 aromatic rings. The molecule has 0 heterocycles. The lowest BCUT2D eigenvalue weighted by molar-refractivity contribution is -0.0126. The molecule has 0 unspecified atom stereocenters. The summed E-state index contributed by atoms with van der Waals surface area (Å²) in [6.45, 7) is 10.8. The van der Waals surface area contributed by atoms with Gasteiger partial charge in [0.1, 0.15) is 23.7 Å². The number of benzene rings is 1. The van der Waals surface area contributed by atoms with Crippen molar-refractivity contribution in [3.63, 3.8) is 0 Å². The van der Waals surface area contributed by atoms with E-state index in [1.54, 1.807) is 24.3 Å². The minimum atomic E-state index is -0.507. The maximum absolute atomic E-state index is 11.4. The first kappa shape index (κ1) is 28.9. The van der Waals surface area contributed by atoms with Crippen molar-refractivity contribution in [1.29, 1.82) is 0 Å². The molecule has 33 heavy (non-hydrogen) atoms. The summed E-state index contributed by atoms with van der Waals surface area (Å²) >= 11 is 0. The van der Waals surface area contributed by atoms with Gasteiger partial charge in [0.05, 0.1) is 66.1 Å². The number of hydrogen-bond donors (Lipinski definition) is 2. The van der Waals surface area contributed by atoms with Crippen LogP contribution >= 0.6 is 0 Å². The van der Waals surface area contributed by atoms with E-state index in [0.717, 1.165) is 0 Å². The predicted octanol–water partition coefficient (Wildman–Crippen LogP) is 2.38. The highest BCUT2D eigenvalue weighted by molar-refractivity contribution is 5.67. The third kappa shape index (κ3) is 19.1. The summed E-state index contributed by atoms with van der Waals surface area (Å²) in [6.07, 6.45) is -0.452. The van der Waals surface area contributed by atoms with Crippen LogP contribution in [0.3, 0.4) is 0 Å². The largest absolute Gasteiger partial charge is 0.508 e. The Bertz CT molecular complexity index is 622.